The molecule has 1 aromatic rings. The van der Waals surface area contributed by atoms with Crippen LogP contribution >= 0.6 is 0 Å². The number of aromatic amines is 1. The molecule has 1 aromatic heterocycles. The molecule has 4 heteroatoms. The maximum atomic E-state index is 4.13. The first kappa shape index (κ1) is 8.69. The van der Waals surface area contributed by atoms with Crippen molar-refractivity contribution in [3.8, 4) is 0 Å². The zero-order valence-corrected chi connectivity index (χ0v) is 7.95. The summed E-state index contributed by atoms with van der Waals surface area (Å²) in [6, 6.07) is 0.390. The highest BCUT2D eigenvalue weighted by atomic mass is 15.3. The molecule has 0 spiro atoms. The van der Waals surface area contributed by atoms with Crippen LogP contribution < -0.4 is 5.32 Å². The van der Waals surface area contributed by atoms with Crippen LogP contribution in [0.5, 0.6) is 0 Å². The summed E-state index contributed by atoms with van der Waals surface area (Å²) in [5.41, 5.74) is 1.05. The van der Waals surface area contributed by atoms with Crippen LogP contribution in [0, 0.1) is 5.92 Å². The normalized spacial score (nSPS) is 20.7. The predicted octanol–water partition coefficient (Wildman–Crippen LogP) is 1.26. The molecule has 2 rings (SSSR count). The molecule has 2 N–H and O–H groups in total. The second kappa shape index (κ2) is 3.87. The lowest BCUT2D eigenvalue weighted by molar-refractivity contribution is 0.382. The minimum absolute atomic E-state index is 0.390. The van der Waals surface area contributed by atoms with Crippen molar-refractivity contribution in [3.63, 3.8) is 0 Å². The number of aromatic nitrogens is 3. The van der Waals surface area contributed by atoms with E-state index in [1.165, 1.54) is 25.7 Å². The Morgan fingerprint density at radius 1 is 1.54 bits per heavy atom. The number of rotatable bonds is 3. The molecule has 0 bridgehead atoms. The third-order valence-corrected chi connectivity index (χ3v) is 2.93. The first-order valence-corrected chi connectivity index (χ1v) is 4.94. The molecule has 13 heavy (non-hydrogen) atoms. The SMILES string of the molecule is CNC(c1cn[nH]n1)C1CCCC1. The standard InChI is InChI=1S/C9H16N4/c1-10-9(7-4-2-3-5-7)8-6-11-13-12-8/h6-7,9-10H,2-5H2,1H3,(H,11,12,13). The van der Waals surface area contributed by atoms with Gasteiger partial charge in [0.2, 0.25) is 0 Å². The highest BCUT2D eigenvalue weighted by molar-refractivity contribution is 5.02. The van der Waals surface area contributed by atoms with Crippen LogP contribution in [0.2, 0.25) is 0 Å². The summed E-state index contributed by atoms with van der Waals surface area (Å²) in [4.78, 5) is 0. The van der Waals surface area contributed by atoms with Crippen LogP contribution in [0.1, 0.15) is 37.4 Å². The summed E-state index contributed by atoms with van der Waals surface area (Å²) in [5, 5.41) is 14.0. The maximum Gasteiger partial charge on any atom is 0.0996 e. The molecule has 1 aliphatic carbocycles. The van der Waals surface area contributed by atoms with Gasteiger partial charge in [0.25, 0.3) is 0 Å². The molecule has 1 aliphatic rings. The Balaban J connectivity index is 2.08. The molecule has 1 unspecified atom stereocenters. The molecule has 0 radical (unpaired) electrons. The molecule has 0 amide bonds. The largest absolute Gasteiger partial charge is 0.311 e. The van der Waals surface area contributed by atoms with Crippen LogP contribution in [-0.4, -0.2) is 22.5 Å². The Morgan fingerprint density at radius 2 is 2.31 bits per heavy atom. The van der Waals surface area contributed by atoms with Crippen molar-refractivity contribution in [1.82, 2.24) is 20.7 Å². The first-order chi connectivity index (χ1) is 6.42. The molecule has 4 nitrogen and oxygen atoms in total. The minimum Gasteiger partial charge on any atom is -0.311 e. The Morgan fingerprint density at radius 3 is 2.85 bits per heavy atom. The second-order valence-electron chi connectivity index (χ2n) is 3.71. The smallest absolute Gasteiger partial charge is 0.0996 e. The molecule has 0 aliphatic heterocycles. The minimum atomic E-state index is 0.390. The number of hydrogen-bond donors (Lipinski definition) is 2. The Bertz CT molecular complexity index is 238. The van der Waals surface area contributed by atoms with E-state index < -0.39 is 0 Å². The van der Waals surface area contributed by atoms with Crippen LogP contribution in [0.3, 0.4) is 0 Å². The van der Waals surface area contributed by atoms with Crippen molar-refractivity contribution in [2.45, 2.75) is 31.7 Å². The fourth-order valence-corrected chi connectivity index (χ4v) is 2.28. The van der Waals surface area contributed by atoms with Gasteiger partial charge in [-0.2, -0.15) is 15.4 Å². The van der Waals surface area contributed by atoms with Gasteiger partial charge in [-0.15, -0.1) is 0 Å². The van der Waals surface area contributed by atoms with E-state index in [2.05, 4.69) is 20.7 Å². The monoisotopic (exact) mass is 180 g/mol. The molecule has 72 valence electrons. The third kappa shape index (κ3) is 1.72. The van der Waals surface area contributed by atoms with Gasteiger partial charge in [0, 0.05) is 0 Å². The third-order valence-electron chi connectivity index (χ3n) is 2.93. The van der Waals surface area contributed by atoms with Crippen LogP contribution in [-0.2, 0) is 0 Å². The van der Waals surface area contributed by atoms with E-state index in [1.807, 2.05) is 13.2 Å². The topological polar surface area (TPSA) is 53.6 Å². The van der Waals surface area contributed by atoms with Crippen LogP contribution in [0.4, 0.5) is 0 Å². The molecule has 1 fully saturated rings. The fraction of sp³-hybridized carbons (Fsp3) is 0.778. The van der Waals surface area contributed by atoms with Gasteiger partial charge >= 0.3 is 0 Å². The number of nitrogens with one attached hydrogen (secondary N) is 2. The molecule has 0 aromatic carbocycles. The first-order valence-electron chi connectivity index (χ1n) is 4.94. The van der Waals surface area contributed by atoms with Gasteiger partial charge in [0.1, 0.15) is 0 Å². The summed E-state index contributed by atoms with van der Waals surface area (Å²) in [5.74, 6) is 0.745. The molecule has 0 saturated heterocycles. The lowest BCUT2D eigenvalue weighted by atomic mass is 9.96. The quantitative estimate of drug-likeness (QED) is 0.736. The lowest BCUT2D eigenvalue weighted by Crippen LogP contribution is -2.23. The summed E-state index contributed by atoms with van der Waals surface area (Å²) in [6.07, 6.45) is 7.18. The van der Waals surface area contributed by atoms with E-state index >= 15 is 0 Å². The van der Waals surface area contributed by atoms with Crippen molar-refractivity contribution >= 4 is 0 Å². The van der Waals surface area contributed by atoms with E-state index in [9.17, 15) is 0 Å². The Hall–Kier alpha value is -0.900. The van der Waals surface area contributed by atoms with Gasteiger partial charge in [0.15, 0.2) is 0 Å². The van der Waals surface area contributed by atoms with Gasteiger partial charge in [0.05, 0.1) is 17.9 Å². The number of H-pyrrole nitrogens is 1. The van der Waals surface area contributed by atoms with Crippen LogP contribution in [0.25, 0.3) is 0 Å². The van der Waals surface area contributed by atoms with E-state index in [0.29, 0.717) is 6.04 Å². The van der Waals surface area contributed by atoms with E-state index in [4.69, 9.17) is 0 Å². The zero-order chi connectivity index (χ0) is 9.10. The molecule has 1 atom stereocenters. The van der Waals surface area contributed by atoms with E-state index in [1.54, 1.807) is 0 Å². The molecular formula is C9H16N4. The Labute approximate surface area is 78.1 Å². The zero-order valence-electron chi connectivity index (χ0n) is 7.95. The van der Waals surface area contributed by atoms with Crippen molar-refractivity contribution in [1.29, 1.82) is 0 Å². The van der Waals surface area contributed by atoms with Gasteiger partial charge in [-0.25, -0.2) is 0 Å². The Kier molecular flexibility index (Phi) is 2.59. The van der Waals surface area contributed by atoms with Gasteiger partial charge in [-0.3, -0.25) is 0 Å². The maximum absolute atomic E-state index is 4.13. The number of hydrogen-bond acceptors (Lipinski definition) is 3. The van der Waals surface area contributed by atoms with Crippen molar-refractivity contribution in [2.75, 3.05) is 7.05 Å². The average Bonchev–Trinajstić information content (AvgIpc) is 2.76. The lowest BCUT2D eigenvalue weighted by Gasteiger charge is -2.19. The predicted molar refractivity (Wildman–Crippen MR) is 50.1 cm³/mol. The average molecular weight is 180 g/mol. The van der Waals surface area contributed by atoms with E-state index in [0.717, 1.165) is 11.6 Å². The van der Waals surface area contributed by atoms with Gasteiger partial charge in [-0.1, -0.05) is 12.8 Å². The van der Waals surface area contributed by atoms with E-state index in [-0.39, 0.29) is 0 Å². The summed E-state index contributed by atoms with van der Waals surface area (Å²) < 4.78 is 0. The molecule has 1 heterocycles. The number of nitrogens with zero attached hydrogens (tertiary/aromatic N) is 2. The van der Waals surface area contributed by atoms with Gasteiger partial charge in [-0.05, 0) is 25.8 Å². The van der Waals surface area contributed by atoms with Crippen molar-refractivity contribution in [2.24, 2.45) is 5.92 Å². The highest BCUT2D eigenvalue weighted by Crippen LogP contribution is 2.34. The summed E-state index contributed by atoms with van der Waals surface area (Å²) in [6.45, 7) is 0. The van der Waals surface area contributed by atoms with Crippen LogP contribution in [0.15, 0.2) is 6.20 Å². The van der Waals surface area contributed by atoms with Crippen molar-refractivity contribution < 1.29 is 0 Å². The van der Waals surface area contributed by atoms with Gasteiger partial charge < -0.3 is 5.32 Å². The second-order valence-corrected chi connectivity index (χ2v) is 3.71. The highest BCUT2D eigenvalue weighted by Gasteiger charge is 2.26. The van der Waals surface area contributed by atoms with Crippen molar-refractivity contribution in [3.05, 3.63) is 11.9 Å². The summed E-state index contributed by atoms with van der Waals surface area (Å²) >= 11 is 0. The molecular weight excluding hydrogens is 164 g/mol. The molecule has 1 saturated carbocycles. The fourth-order valence-electron chi connectivity index (χ4n) is 2.28. The summed E-state index contributed by atoms with van der Waals surface area (Å²) in [7, 11) is 2.00.